The van der Waals surface area contributed by atoms with Crippen molar-refractivity contribution in [2.24, 2.45) is 17.3 Å². The van der Waals surface area contributed by atoms with Gasteiger partial charge in [-0.1, -0.05) is 20.8 Å². The Bertz CT molecular complexity index is 108. The topological polar surface area (TPSA) is 0 Å². The highest BCUT2D eigenvalue weighted by atomic mass is 14.4. The molecule has 0 aromatic rings. The first-order chi connectivity index (χ1) is 4.50. The summed E-state index contributed by atoms with van der Waals surface area (Å²) in [6.45, 7) is 12.8. The largest absolute Gasteiger partial charge is 0.0599 e. The molecule has 2 atom stereocenters. The van der Waals surface area contributed by atoms with Gasteiger partial charge >= 0.3 is 0 Å². The number of hydrogen-bond acceptors (Lipinski definition) is 0. The molecule has 0 heterocycles. The van der Waals surface area contributed by atoms with Gasteiger partial charge in [-0.25, -0.2) is 0 Å². The second kappa shape index (κ2) is 2.56. The zero-order chi connectivity index (χ0) is 7.78. The quantitative estimate of drug-likeness (QED) is 0.482. The van der Waals surface area contributed by atoms with Crippen molar-refractivity contribution in [2.45, 2.75) is 40.0 Å². The Balaban J connectivity index is 2.45. The monoisotopic (exact) mass is 138 g/mol. The van der Waals surface area contributed by atoms with Crippen molar-refractivity contribution in [3.05, 3.63) is 6.92 Å². The first kappa shape index (κ1) is 8.10. The van der Waals surface area contributed by atoms with E-state index in [1.54, 1.807) is 0 Å². The van der Waals surface area contributed by atoms with Crippen LogP contribution in [0.2, 0.25) is 0 Å². The SMILES string of the molecule is [CH]C1CCC(C(C)(C)C)C1. The van der Waals surface area contributed by atoms with Crippen LogP contribution in [0.4, 0.5) is 0 Å². The lowest BCUT2D eigenvalue weighted by Crippen LogP contribution is -2.17. The van der Waals surface area contributed by atoms with Gasteiger partial charge in [-0.3, -0.25) is 0 Å². The Morgan fingerprint density at radius 3 is 2.00 bits per heavy atom. The summed E-state index contributed by atoms with van der Waals surface area (Å²) in [6.07, 6.45) is 3.82. The zero-order valence-corrected chi connectivity index (χ0v) is 7.35. The second-order valence-corrected chi connectivity index (χ2v) is 4.64. The highest BCUT2D eigenvalue weighted by molar-refractivity contribution is 4.83. The summed E-state index contributed by atoms with van der Waals surface area (Å²) < 4.78 is 0. The average molecular weight is 138 g/mol. The Morgan fingerprint density at radius 1 is 1.20 bits per heavy atom. The van der Waals surface area contributed by atoms with Crippen LogP contribution in [-0.4, -0.2) is 0 Å². The van der Waals surface area contributed by atoms with E-state index in [1.807, 2.05) is 0 Å². The lowest BCUT2D eigenvalue weighted by Gasteiger charge is -2.26. The fourth-order valence-corrected chi connectivity index (χ4v) is 1.80. The van der Waals surface area contributed by atoms with Gasteiger partial charge in [0.2, 0.25) is 0 Å². The van der Waals surface area contributed by atoms with Gasteiger partial charge in [-0.05, 0) is 43.4 Å². The van der Waals surface area contributed by atoms with Gasteiger partial charge in [0.25, 0.3) is 0 Å². The Labute approximate surface area is 65.0 Å². The van der Waals surface area contributed by atoms with E-state index < -0.39 is 0 Å². The maximum atomic E-state index is 5.82. The summed E-state index contributed by atoms with van der Waals surface area (Å²) >= 11 is 0. The normalized spacial score (nSPS) is 34.8. The second-order valence-electron chi connectivity index (χ2n) is 4.64. The minimum Gasteiger partial charge on any atom is -0.0599 e. The van der Waals surface area contributed by atoms with Crippen LogP contribution in [-0.2, 0) is 0 Å². The van der Waals surface area contributed by atoms with Gasteiger partial charge in [0.15, 0.2) is 0 Å². The maximum Gasteiger partial charge on any atom is -0.0318 e. The molecule has 0 bridgehead atoms. The van der Waals surface area contributed by atoms with Gasteiger partial charge in [0.1, 0.15) is 0 Å². The van der Waals surface area contributed by atoms with Crippen molar-refractivity contribution in [2.75, 3.05) is 0 Å². The van der Waals surface area contributed by atoms with E-state index in [4.69, 9.17) is 6.92 Å². The van der Waals surface area contributed by atoms with Crippen LogP contribution >= 0.6 is 0 Å². The van der Waals surface area contributed by atoms with E-state index in [-0.39, 0.29) is 0 Å². The molecule has 58 valence electrons. The van der Waals surface area contributed by atoms with Crippen molar-refractivity contribution >= 4 is 0 Å². The maximum absolute atomic E-state index is 5.82. The molecule has 1 saturated carbocycles. The molecule has 1 aliphatic carbocycles. The average Bonchev–Trinajstić information content (AvgIpc) is 2.11. The molecule has 2 radical (unpaired) electrons. The Hall–Kier alpha value is 0. The molecule has 10 heavy (non-hydrogen) atoms. The molecule has 1 aliphatic rings. The fourth-order valence-electron chi connectivity index (χ4n) is 1.80. The highest BCUT2D eigenvalue weighted by Crippen LogP contribution is 2.41. The molecular formula is C10H18. The molecule has 0 spiro atoms. The first-order valence-corrected chi connectivity index (χ1v) is 4.26. The smallest absolute Gasteiger partial charge is 0.0318 e. The van der Waals surface area contributed by atoms with Gasteiger partial charge in [0, 0.05) is 0 Å². The third-order valence-electron chi connectivity index (χ3n) is 2.70. The van der Waals surface area contributed by atoms with Gasteiger partial charge in [0.05, 0.1) is 0 Å². The summed E-state index contributed by atoms with van der Waals surface area (Å²) in [5, 5.41) is 0. The van der Waals surface area contributed by atoms with E-state index in [0.29, 0.717) is 11.3 Å². The molecule has 0 amide bonds. The van der Waals surface area contributed by atoms with Crippen molar-refractivity contribution < 1.29 is 0 Å². The molecular weight excluding hydrogens is 120 g/mol. The van der Waals surface area contributed by atoms with Crippen LogP contribution in [0, 0.1) is 24.2 Å². The Morgan fingerprint density at radius 2 is 1.80 bits per heavy atom. The van der Waals surface area contributed by atoms with Crippen LogP contribution < -0.4 is 0 Å². The molecule has 0 heteroatoms. The zero-order valence-electron chi connectivity index (χ0n) is 7.35. The molecule has 2 unspecified atom stereocenters. The summed E-state index contributed by atoms with van der Waals surface area (Å²) in [6, 6.07) is 0. The third kappa shape index (κ3) is 1.74. The molecule has 0 aromatic carbocycles. The molecule has 0 aliphatic heterocycles. The summed E-state index contributed by atoms with van der Waals surface area (Å²) in [4.78, 5) is 0. The molecule has 0 saturated heterocycles. The van der Waals surface area contributed by atoms with Gasteiger partial charge in [-0.2, -0.15) is 0 Å². The van der Waals surface area contributed by atoms with Crippen molar-refractivity contribution in [3.63, 3.8) is 0 Å². The summed E-state index contributed by atoms with van der Waals surface area (Å²) in [5.41, 5.74) is 0.480. The number of rotatable bonds is 0. The van der Waals surface area contributed by atoms with E-state index in [0.717, 1.165) is 5.92 Å². The van der Waals surface area contributed by atoms with Crippen LogP contribution in [0.25, 0.3) is 0 Å². The number of hydrogen-bond donors (Lipinski definition) is 0. The van der Waals surface area contributed by atoms with Crippen LogP contribution in [0.5, 0.6) is 0 Å². The molecule has 0 N–H and O–H groups in total. The lowest BCUT2D eigenvalue weighted by molar-refractivity contribution is 0.242. The van der Waals surface area contributed by atoms with E-state index >= 15 is 0 Å². The first-order valence-electron chi connectivity index (χ1n) is 4.26. The molecule has 0 aromatic heterocycles. The van der Waals surface area contributed by atoms with Gasteiger partial charge < -0.3 is 0 Å². The minimum atomic E-state index is 0.480. The summed E-state index contributed by atoms with van der Waals surface area (Å²) in [7, 11) is 0. The minimum absolute atomic E-state index is 0.480. The van der Waals surface area contributed by atoms with Crippen molar-refractivity contribution in [3.8, 4) is 0 Å². The van der Waals surface area contributed by atoms with Crippen molar-refractivity contribution in [1.82, 2.24) is 0 Å². The van der Waals surface area contributed by atoms with Crippen LogP contribution in [0.15, 0.2) is 0 Å². The van der Waals surface area contributed by atoms with Crippen molar-refractivity contribution in [1.29, 1.82) is 0 Å². The fraction of sp³-hybridized carbons (Fsp3) is 0.900. The lowest BCUT2D eigenvalue weighted by atomic mass is 9.79. The third-order valence-corrected chi connectivity index (χ3v) is 2.70. The molecule has 0 nitrogen and oxygen atoms in total. The summed E-state index contributed by atoms with van der Waals surface area (Å²) in [5.74, 6) is 1.35. The highest BCUT2D eigenvalue weighted by Gasteiger charge is 2.30. The predicted molar refractivity (Wildman–Crippen MR) is 44.6 cm³/mol. The van der Waals surface area contributed by atoms with Crippen LogP contribution in [0.1, 0.15) is 40.0 Å². The molecule has 1 fully saturated rings. The van der Waals surface area contributed by atoms with Gasteiger partial charge in [-0.15, -0.1) is 0 Å². The van der Waals surface area contributed by atoms with E-state index in [2.05, 4.69) is 20.8 Å². The standard InChI is InChI=1S/C10H18/c1-8-5-6-9(7-8)10(2,3)4/h1,8-9H,5-7H2,2-4H3. The van der Waals surface area contributed by atoms with E-state index in [1.165, 1.54) is 19.3 Å². The van der Waals surface area contributed by atoms with Crippen LogP contribution in [0.3, 0.4) is 0 Å². The van der Waals surface area contributed by atoms with E-state index in [9.17, 15) is 0 Å². The predicted octanol–water partition coefficient (Wildman–Crippen LogP) is 3.16. The molecule has 1 rings (SSSR count). The Kier molecular flexibility index (Phi) is 2.07.